The molecular weight excluding hydrogens is 371 g/mol. The monoisotopic (exact) mass is 389 g/mol. The molecule has 1 aromatic carbocycles. The number of H-pyrrole nitrogens is 1. The normalized spacial score (nSPS) is 13.9. The number of carbonyl (C=O) groups excluding carboxylic acids is 2. The topological polar surface area (TPSA) is 79.2 Å². The molecule has 0 saturated heterocycles. The van der Waals surface area contributed by atoms with Crippen LogP contribution in [0.1, 0.15) is 40.5 Å². The van der Waals surface area contributed by atoms with E-state index in [0.717, 1.165) is 0 Å². The maximum absolute atomic E-state index is 15.0. The summed E-state index contributed by atoms with van der Waals surface area (Å²) in [6.45, 7) is 2.49. The molecule has 1 aromatic heterocycles. The molecule has 0 spiro atoms. The number of benzene rings is 1. The third-order valence-electron chi connectivity index (χ3n) is 4.82. The van der Waals surface area contributed by atoms with E-state index in [0.29, 0.717) is 24.2 Å². The molecule has 0 atom stereocenters. The molecule has 2 amide bonds. The number of amides is 2. The Labute approximate surface area is 159 Å². The first-order valence-corrected chi connectivity index (χ1v) is 8.60. The van der Waals surface area contributed by atoms with Gasteiger partial charge in [0.2, 0.25) is 0 Å². The van der Waals surface area contributed by atoms with Gasteiger partial charge in [-0.2, -0.15) is 0 Å². The van der Waals surface area contributed by atoms with Gasteiger partial charge in [0, 0.05) is 35.3 Å². The van der Waals surface area contributed by atoms with Crippen molar-refractivity contribution in [3.8, 4) is 11.8 Å². The molecule has 0 bridgehead atoms. The number of nitrogens with one attached hydrogen (secondary N) is 1. The molecule has 146 valence electrons. The number of alkyl halides is 1. The van der Waals surface area contributed by atoms with Crippen LogP contribution in [-0.2, 0) is 11.5 Å². The van der Waals surface area contributed by atoms with E-state index in [9.17, 15) is 18.4 Å². The van der Waals surface area contributed by atoms with Crippen molar-refractivity contribution in [1.82, 2.24) is 9.88 Å². The second kappa shape index (κ2) is 7.43. The SMILES string of the molecule is CC#CC(=O)N1CCC=C(c2c(F)c(F)c(C(N)=O)c3[nH]c(C)c(CF)c23)C1. The second-order valence-corrected chi connectivity index (χ2v) is 6.47. The molecule has 3 rings (SSSR count). The zero-order valence-corrected chi connectivity index (χ0v) is 15.4. The molecule has 0 fully saturated rings. The molecule has 1 aliphatic heterocycles. The number of fused-ring (bicyclic) bond motifs is 1. The minimum atomic E-state index is -1.40. The van der Waals surface area contributed by atoms with Gasteiger partial charge in [-0.1, -0.05) is 12.0 Å². The van der Waals surface area contributed by atoms with Gasteiger partial charge in [0.1, 0.15) is 12.2 Å². The molecule has 0 aliphatic carbocycles. The lowest BCUT2D eigenvalue weighted by Gasteiger charge is -2.26. The van der Waals surface area contributed by atoms with Crippen LogP contribution < -0.4 is 5.73 Å². The Bertz CT molecular complexity index is 1090. The van der Waals surface area contributed by atoms with E-state index in [4.69, 9.17) is 5.73 Å². The average Bonchev–Trinajstić information content (AvgIpc) is 2.97. The first kappa shape index (κ1) is 19.5. The summed E-state index contributed by atoms with van der Waals surface area (Å²) >= 11 is 0. The number of aromatic amines is 1. The van der Waals surface area contributed by atoms with Crippen molar-refractivity contribution in [1.29, 1.82) is 0 Å². The highest BCUT2D eigenvalue weighted by atomic mass is 19.2. The fourth-order valence-corrected chi connectivity index (χ4v) is 3.55. The number of halogens is 3. The van der Waals surface area contributed by atoms with E-state index < -0.39 is 35.7 Å². The van der Waals surface area contributed by atoms with E-state index >= 15 is 4.39 Å². The Morgan fingerprint density at radius 3 is 2.64 bits per heavy atom. The van der Waals surface area contributed by atoms with Gasteiger partial charge in [-0.15, -0.1) is 0 Å². The number of aromatic nitrogens is 1. The van der Waals surface area contributed by atoms with Crippen LogP contribution >= 0.6 is 0 Å². The third-order valence-corrected chi connectivity index (χ3v) is 4.82. The summed E-state index contributed by atoms with van der Waals surface area (Å²) in [5.41, 5.74) is 5.14. The molecular formula is C20H18F3N3O2. The summed E-state index contributed by atoms with van der Waals surface area (Å²) in [5.74, 6) is 0.633. The van der Waals surface area contributed by atoms with Crippen molar-refractivity contribution in [3.63, 3.8) is 0 Å². The van der Waals surface area contributed by atoms with Gasteiger partial charge in [0.25, 0.3) is 11.8 Å². The van der Waals surface area contributed by atoms with Crippen LogP contribution in [0.25, 0.3) is 16.5 Å². The first-order valence-electron chi connectivity index (χ1n) is 8.60. The lowest BCUT2D eigenvalue weighted by molar-refractivity contribution is -0.124. The van der Waals surface area contributed by atoms with E-state index in [1.807, 2.05) is 0 Å². The van der Waals surface area contributed by atoms with Gasteiger partial charge in [-0.25, -0.2) is 13.2 Å². The predicted octanol–water partition coefficient (Wildman–Crippen LogP) is 2.96. The van der Waals surface area contributed by atoms with Crippen LogP contribution in [0.4, 0.5) is 13.2 Å². The van der Waals surface area contributed by atoms with Crippen LogP contribution in [0.15, 0.2) is 6.08 Å². The van der Waals surface area contributed by atoms with E-state index in [-0.39, 0.29) is 28.6 Å². The molecule has 0 unspecified atom stereocenters. The van der Waals surface area contributed by atoms with Gasteiger partial charge in [0.05, 0.1) is 5.52 Å². The highest BCUT2D eigenvalue weighted by Crippen LogP contribution is 2.38. The fourth-order valence-electron chi connectivity index (χ4n) is 3.55. The smallest absolute Gasteiger partial charge is 0.298 e. The Balaban J connectivity index is 2.29. The van der Waals surface area contributed by atoms with E-state index in [1.54, 1.807) is 13.0 Å². The standard InChI is InChI=1S/C20H18F3N3O2/c1-3-5-13(27)26-7-4-6-11(9-26)14-15-12(8-21)10(2)25-19(15)16(20(24)28)18(23)17(14)22/h6,25H,4,7-9H2,1-2H3,(H2,24,28). The van der Waals surface area contributed by atoms with Crippen LogP contribution in [0.3, 0.4) is 0 Å². The Morgan fingerprint density at radius 2 is 2.04 bits per heavy atom. The number of nitrogens with two attached hydrogens (primary N) is 1. The summed E-state index contributed by atoms with van der Waals surface area (Å²) in [6.07, 6.45) is 2.08. The van der Waals surface area contributed by atoms with Crippen molar-refractivity contribution in [2.75, 3.05) is 13.1 Å². The molecule has 0 radical (unpaired) electrons. The number of hydrogen-bond donors (Lipinski definition) is 2. The van der Waals surface area contributed by atoms with Crippen molar-refractivity contribution in [3.05, 3.63) is 40.1 Å². The van der Waals surface area contributed by atoms with Crippen molar-refractivity contribution >= 4 is 28.3 Å². The maximum Gasteiger partial charge on any atom is 0.298 e. The number of hydrogen-bond acceptors (Lipinski definition) is 2. The molecule has 28 heavy (non-hydrogen) atoms. The zero-order valence-electron chi connectivity index (χ0n) is 15.4. The van der Waals surface area contributed by atoms with Crippen LogP contribution in [0.5, 0.6) is 0 Å². The Kier molecular flexibility index (Phi) is 5.18. The van der Waals surface area contributed by atoms with Gasteiger partial charge >= 0.3 is 0 Å². The fraction of sp³-hybridized carbons (Fsp3) is 0.300. The molecule has 0 saturated carbocycles. The molecule has 5 nitrogen and oxygen atoms in total. The van der Waals surface area contributed by atoms with Crippen LogP contribution in [0.2, 0.25) is 0 Å². The van der Waals surface area contributed by atoms with E-state index in [1.165, 1.54) is 11.8 Å². The summed E-state index contributed by atoms with van der Waals surface area (Å²) in [5, 5.41) is 0.0647. The third kappa shape index (κ3) is 3.03. The second-order valence-electron chi connectivity index (χ2n) is 6.47. The van der Waals surface area contributed by atoms with Gasteiger partial charge in [-0.05, 0) is 31.8 Å². The minimum Gasteiger partial charge on any atom is -0.365 e. The number of primary amides is 1. The predicted molar refractivity (Wildman–Crippen MR) is 98.9 cm³/mol. The van der Waals surface area contributed by atoms with Crippen molar-refractivity contribution in [2.24, 2.45) is 5.73 Å². The highest BCUT2D eigenvalue weighted by molar-refractivity contribution is 6.10. The van der Waals surface area contributed by atoms with Gasteiger partial charge in [-0.3, -0.25) is 9.59 Å². The number of nitrogens with zero attached hydrogens (tertiary/aromatic N) is 1. The first-order chi connectivity index (χ1) is 13.3. The summed E-state index contributed by atoms with van der Waals surface area (Å²) in [6, 6.07) is 0. The lowest BCUT2D eigenvalue weighted by Crippen LogP contribution is -2.34. The van der Waals surface area contributed by atoms with Crippen molar-refractivity contribution < 1.29 is 22.8 Å². The largest absolute Gasteiger partial charge is 0.365 e. The Morgan fingerprint density at radius 1 is 1.32 bits per heavy atom. The molecule has 1 aliphatic rings. The van der Waals surface area contributed by atoms with Crippen LogP contribution in [0, 0.1) is 30.4 Å². The molecule has 3 N–H and O–H groups in total. The molecule has 8 heteroatoms. The average molecular weight is 389 g/mol. The van der Waals surface area contributed by atoms with Gasteiger partial charge < -0.3 is 15.6 Å². The number of aryl methyl sites for hydroxylation is 1. The van der Waals surface area contributed by atoms with E-state index in [2.05, 4.69) is 16.8 Å². The minimum absolute atomic E-state index is 0.00908. The summed E-state index contributed by atoms with van der Waals surface area (Å²) in [7, 11) is 0. The number of rotatable bonds is 3. The maximum atomic E-state index is 15.0. The zero-order chi connectivity index (χ0) is 20.6. The molecule has 2 aromatic rings. The van der Waals surface area contributed by atoms with Crippen LogP contribution in [-0.4, -0.2) is 34.8 Å². The van der Waals surface area contributed by atoms with Gasteiger partial charge in [0.15, 0.2) is 11.6 Å². The Hall–Kier alpha value is -3.21. The van der Waals surface area contributed by atoms with Crippen molar-refractivity contribution in [2.45, 2.75) is 26.9 Å². The highest BCUT2D eigenvalue weighted by Gasteiger charge is 2.30. The summed E-state index contributed by atoms with van der Waals surface area (Å²) < 4.78 is 43.5. The summed E-state index contributed by atoms with van der Waals surface area (Å²) in [4.78, 5) is 28.0. The molecule has 2 heterocycles. The quantitative estimate of drug-likeness (QED) is 0.792. The number of carbonyl (C=O) groups is 2. The lowest BCUT2D eigenvalue weighted by atomic mass is 9.92.